The van der Waals surface area contributed by atoms with Crippen molar-refractivity contribution in [1.29, 1.82) is 0 Å². The number of rotatable bonds is 4. The van der Waals surface area contributed by atoms with Gasteiger partial charge in [0.25, 0.3) is 0 Å². The number of aromatic nitrogens is 2. The van der Waals surface area contributed by atoms with Gasteiger partial charge in [0.15, 0.2) is 0 Å². The highest BCUT2D eigenvalue weighted by Gasteiger charge is 1.99. The number of hydrogen-bond donors (Lipinski definition) is 0. The van der Waals surface area contributed by atoms with E-state index in [1.165, 1.54) is 22.3 Å². The van der Waals surface area contributed by atoms with Crippen LogP contribution >= 0.6 is 0 Å². The van der Waals surface area contributed by atoms with Crippen LogP contribution in [0.2, 0.25) is 0 Å². The van der Waals surface area contributed by atoms with E-state index in [-0.39, 0.29) is 0 Å². The summed E-state index contributed by atoms with van der Waals surface area (Å²) in [6, 6.07) is 16.8. The lowest BCUT2D eigenvalue weighted by Crippen LogP contribution is -1.95. The zero-order valence-corrected chi connectivity index (χ0v) is 13.0. The van der Waals surface area contributed by atoms with Crippen LogP contribution in [0.1, 0.15) is 27.9 Å². The van der Waals surface area contributed by atoms with Crippen molar-refractivity contribution in [2.24, 2.45) is 0 Å². The molecule has 3 rings (SSSR count). The quantitative estimate of drug-likeness (QED) is 0.679. The predicted molar refractivity (Wildman–Crippen MR) is 92.6 cm³/mol. The van der Waals surface area contributed by atoms with Crippen molar-refractivity contribution in [3.8, 4) is 0 Å². The fourth-order valence-corrected chi connectivity index (χ4v) is 2.47. The summed E-state index contributed by atoms with van der Waals surface area (Å²) < 4.78 is 2.11. The Morgan fingerprint density at radius 2 is 1.77 bits per heavy atom. The standard InChI is InChI=1S/C20H20N2/c1-16-7-6-10-19(17(16)2)11-12-20-14-22(15-21-20)13-18-8-4-3-5-9-18/h3-12,14-15H,13H2,1-2H3. The van der Waals surface area contributed by atoms with Crippen molar-refractivity contribution < 1.29 is 0 Å². The summed E-state index contributed by atoms with van der Waals surface area (Å²) in [5, 5.41) is 0. The third kappa shape index (κ3) is 3.34. The Bertz CT molecular complexity index is 782. The highest BCUT2D eigenvalue weighted by molar-refractivity contribution is 5.70. The number of nitrogens with zero attached hydrogens (tertiary/aromatic N) is 2. The first kappa shape index (κ1) is 14.3. The molecular formula is C20H20N2. The van der Waals surface area contributed by atoms with E-state index < -0.39 is 0 Å². The number of imidazole rings is 1. The minimum absolute atomic E-state index is 0.852. The number of benzene rings is 2. The molecule has 0 atom stereocenters. The summed E-state index contributed by atoms with van der Waals surface area (Å²) >= 11 is 0. The average molecular weight is 288 g/mol. The first-order valence-corrected chi connectivity index (χ1v) is 7.52. The van der Waals surface area contributed by atoms with Gasteiger partial charge >= 0.3 is 0 Å². The Morgan fingerprint density at radius 3 is 2.59 bits per heavy atom. The minimum atomic E-state index is 0.852. The molecule has 0 spiro atoms. The van der Waals surface area contributed by atoms with Gasteiger partial charge in [-0.2, -0.15) is 0 Å². The highest BCUT2D eigenvalue weighted by atomic mass is 15.0. The van der Waals surface area contributed by atoms with Gasteiger partial charge in [-0.05, 0) is 42.2 Å². The second-order valence-corrected chi connectivity index (χ2v) is 5.58. The Hall–Kier alpha value is -2.61. The van der Waals surface area contributed by atoms with Crippen molar-refractivity contribution in [2.75, 3.05) is 0 Å². The minimum Gasteiger partial charge on any atom is -0.332 e. The van der Waals surface area contributed by atoms with Gasteiger partial charge in [-0.1, -0.05) is 54.6 Å². The smallest absolute Gasteiger partial charge is 0.0956 e. The normalized spacial score (nSPS) is 11.2. The second kappa shape index (κ2) is 6.44. The monoisotopic (exact) mass is 288 g/mol. The van der Waals surface area contributed by atoms with Crippen LogP contribution in [-0.4, -0.2) is 9.55 Å². The topological polar surface area (TPSA) is 17.8 Å². The molecule has 2 heteroatoms. The zero-order chi connectivity index (χ0) is 15.4. The molecule has 1 heterocycles. The van der Waals surface area contributed by atoms with Crippen molar-refractivity contribution in [3.05, 3.63) is 89.0 Å². The number of hydrogen-bond acceptors (Lipinski definition) is 1. The summed E-state index contributed by atoms with van der Waals surface area (Å²) in [7, 11) is 0. The molecule has 2 nitrogen and oxygen atoms in total. The summed E-state index contributed by atoms with van der Waals surface area (Å²) in [6.45, 7) is 5.15. The molecule has 0 saturated carbocycles. The molecule has 110 valence electrons. The number of aryl methyl sites for hydroxylation is 1. The van der Waals surface area contributed by atoms with Crippen LogP contribution < -0.4 is 0 Å². The van der Waals surface area contributed by atoms with Crippen molar-refractivity contribution in [3.63, 3.8) is 0 Å². The molecule has 0 unspecified atom stereocenters. The molecule has 1 aromatic heterocycles. The molecule has 0 aliphatic rings. The van der Waals surface area contributed by atoms with Gasteiger partial charge in [0.2, 0.25) is 0 Å². The van der Waals surface area contributed by atoms with Crippen LogP contribution in [0.3, 0.4) is 0 Å². The van der Waals surface area contributed by atoms with E-state index in [0.29, 0.717) is 0 Å². The summed E-state index contributed by atoms with van der Waals surface area (Å²) in [4.78, 5) is 4.46. The van der Waals surface area contributed by atoms with E-state index >= 15 is 0 Å². The molecule has 0 N–H and O–H groups in total. The second-order valence-electron chi connectivity index (χ2n) is 5.58. The van der Waals surface area contributed by atoms with E-state index in [9.17, 15) is 0 Å². The van der Waals surface area contributed by atoms with Crippen molar-refractivity contribution in [1.82, 2.24) is 9.55 Å². The van der Waals surface area contributed by atoms with E-state index in [1.807, 2.05) is 12.4 Å². The van der Waals surface area contributed by atoms with Gasteiger partial charge in [0.1, 0.15) is 0 Å². The fourth-order valence-electron chi connectivity index (χ4n) is 2.47. The van der Waals surface area contributed by atoms with Gasteiger partial charge in [-0.25, -0.2) is 4.98 Å². The molecule has 3 aromatic rings. The van der Waals surface area contributed by atoms with Crippen LogP contribution in [0.15, 0.2) is 61.1 Å². The van der Waals surface area contributed by atoms with E-state index in [1.54, 1.807) is 0 Å². The fraction of sp³-hybridized carbons (Fsp3) is 0.150. The highest BCUT2D eigenvalue weighted by Crippen LogP contribution is 2.15. The molecule has 22 heavy (non-hydrogen) atoms. The van der Waals surface area contributed by atoms with Gasteiger partial charge in [0, 0.05) is 12.7 Å². The molecule has 0 bridgehead atoms. The zero-order valence-electron chi connectivity index (χ0n) is 13.0. The van der Waals surface area contributed by atoms with E-state index in [2.05, 4.69) is 84.2 Å². The molecular weight excluding hydrogens is 268 g/mol. The van der Waals surface area contributed by atoms with Crippen LogP contribution in [0.25, 0.3) is 12.2 Å². The van der Waals surface area contributed by atoms with Crippen LogP contribution in [-0.2, 0) is 6.54 Å². The lowest BCUT2D eigenvalue weighted by atomic mass is 10.0. The van der Waals surface area contributed by atoms with Gasteiger partial charge in [-0.15, -0.1) is 0 Å². The van der Waals surface area contributed by atoms with Gasteiger partial charge in [0.05, 0.1) is 12.0 Å². The van der Waals surface area contributed by atoms with E-state index in [0.717, 1.165) is 12.2 Å². The first-order chi connectivity index (χ1) is 10.7. The Balaban J connectivity index is 1.74. The maximum absolute atomic E-state index is 4.46. The van der Waals surface area contributed by atoms with Crippen LogP contribution in [0.4, 0.5) is 0 Å². The first-order valence-electron chi connectivity index (χ1n) is 7.52. The van der Waals surface area contributed by atoms with E-state index in [4.69, 9.17) is 0 Å². The lowest BCUT2D eigenvalue weighted by molar-refractivity contribution is 0.797. The molecule has 0 amide bonds. The lowest BCUT2D eigenvalue weighted by Gasteiger charge is -2.03. The molecule has 0 aliphatic heterocycles. The average Bonchev–Trinajstić information content (AvgIpc) is 2.97. The molecule has 0 radical (unpaired) electrons. The van der Waals surface area contributed by atoms with Crippen molar-refractivity contribution >= 4 is 12.2 Å². The summed E-state index contributed by atoms with van der Waals surface area (Å²) in [5.41, 5.74) is 6.15. The Morgan fingerprint density at radius 1 is 0.955 bits per heavy atom. The maximum Gasteiger partial charge on any atom is 0.0956 e. The summed E-state index contributed by atoms with van der Waals surface area (Å²) in [6.07, 6.45) is 8.17. The van der Waals surface area contributed by atoms with Gasteiger partial charge in [-0.3, -0.25) is 0 Å². The summed E-state index contributed by atoms with van der Waals surface area (Å²) in [5.74, 6) is 0. The van der Waals surface area contributed by atoms with Crippen LogP contribution in [0.5, 0.6) is 0 Å². The molecule has 0 saturated heterocycles. The Kier molecular flexibility index (Phi) is 4.19. The third-order valence-electron chi connectivity index (χ3n) is 3.94. The molecule has 0 fully saturated rings. The largest absolute Gasteiger partial charge is 0.332 e. The Labute approximate surface area is 131 Å². The maximum atomic E-state index is 4.46. The van der Waals surface area contributed by atoms with Crippen molar-refractivity contribution in [2.45, 2.75) is 20.4 Å². The third-order valence-corrected chi connectivity index (χ3v) is 3.94. The predicted octanol–water partition coefficient (Wildman–Crippen LogP) is 4.72. The molecule has 0 aliphatic carbocycles. The van der Waals surface area contributed by atoms with Crippen LogP contribution in [0, 0.1) is 13.8 Å². The molecule has 2 aromatic carbocycles. The van der Waals surface area contributed by atoms with Gasteiger partial charge < -0.3 is 4.57 Å². The SMILES string of the molecule is Cc1cccc(C=Cc2cn(Cc3ccccc3)cn2)c1C.